The second-order valence-corrected chi connectivity index (χ2v) is 4.71. The van der Waals surface area contributed by atoms with Gasteiger partial charge in [0.25, 0.3) is 5.91 Å². The van der Waals surface area contributed by atoms with E-state index in [1.807, 2.05) is 6.92 Å². The molecule has 0 bridgehead atoms. The van der Waals surface area contributed by atoms with E-state index < -0.39 is 12.0 Å². The molecule has 0 heterocycles. The van der Waals surface area contributed by atoms with Crippen molar-refractivity contribution in [2.45, 2.75) is 39.7 Å². The highest BCUT2D eigenvalue weighted by Crippen LogP contribution is 2.26. The van der Waals surface area contributed by atoms with Gasteiger partial charge in [0.1, 0.15) is 5.75 Å². The fraction of sp³-hybridized carbons (Fsp3) is 0.429. The third-order valence-corrected chi connectivity index (χ3v) is 2.99. The number of nitrogens with two attached hydrogens (primary N) is 2. The molecule has 1 aromatic carbocycles. The summed E-state index contributed by atoms with van der Waals surface area (Å²) in [6.45, 7) is 5.56. The lowest BCUT2D eigenvalue weighted by molar-refractivity contribution is -0.128. The number of carbonyl (C=O) groups is 2. The predicted octanol–water partition coefficient (Wildman–Crippen LogP) is 0.940. The molecule has 0 fully saturated rings. The van der Waals surface area contributed by atoms with E-state index in [1.54, 1.807) is 26.0 Å². The van der Waals surface area contributed by atoms with Gasteiger partial charge in [-0.05, 0) is 43.5 Å². The molecule has 1 atom stereocenters. The van der Waals surface area contributed by atoms with Crippen molar-refractivity contribution in [3.05, 3.63) is 28.8 Å². The molecular formula is C14H21N3O3. The molecule has 5 N–H and O–H groups in total. The van der Waals surface area contributed by atoms with Crippen LogP contribution in [0.1, 0.15) is 41.3 Å². The molecule has 0 aliphatic carbocycles. The second-order valence-electron chi connectivity index (χ2n) is 4.71. The van der Waals surface area contributed by atoms with Crippen LogP contribution < -0.4 is 21.7 Å². The van der Waals surface area contributed by atoms with Gasteiger partial charge < -0.3 is 10.5 Å². The lowest BCUT2D eigenvalue weighted by Crippen LogP contribution is -2.42. The van der Waals surface area contributed by atoms with Crippen molar-refractivity contribution in [1.82, 2.24) is 5.43 Å². The van der Waals surface area contributed by atoms with Gasteiger partial charge in [0.2, 0.25) is 5.91 Å². The molecule has 1 rings (SSSR count). The summed E-state index contributed by atoms with van der Waals surface area (Å²) in [7, 11) is 0. The number of hydrazine groups is 1. The Bertz CT molecular complexity index is 491. The Morgan fingerprint density at radius 2 is 1.85 bits per heavy atom. The lowest BCUT2D eigenvalue weighted by atomic mass is 10.0. The van der Waals surface area contributed by atoms with Gasteiger partial charge in [-0.15, -0.1) is 0 Å². The van der Waals surface area contributed by atoms with Crippen molar-refractivity contribution in [1.29, 1.82) is 0 Å². The maximum atomic E-state index is 11.7. The number of primary amides is 1. The van der Waals surface area contributed by atoms with Crippen molar-refractivity contribution >= 4 is 11.8 Å². The van der Waals surface area contributed by atoms with Crippen LogP contribution in [-0.2, 0) is 4.79 Å². The van der Waals surface area contributed by atoms with Gasteiger partial charge in [-0.2, -0.15) is 0 Å². The highest BCUT2D eigenvalue weighted by atomic mass is 16.5. The average molecular weight is 279 g/mol. The van der Waals surface area contributed by atoms with Crippen molar-refractivity contribution in [3.63, 3.8) is 0 Å². The number of benzene rings is 1. The van der Waals surface area contributed by atoms with Gasteiger partial charge in [-0.3, -0.25) is 15.0 Å². The summed E-state index contributed by atoms with van der Waals surface area (Å²) in [5.74, 6) is 4.87. The molecule has 1 aromatic rings. The Hall–Kier alpha value is -2.08. The minimum absolute atomic E-state index is 0.371. The number of rotatable bonds is 6. The molecule has 0 saturated heterocycles. The Balaban J connectivity index is 3.07. The summed E-state index contributed by atoms with van der Waals surface area (Å²) in [5, 5.41) is 0. The minimum atomic E-state index is -0.651. The van der Waals surface area contributed by atoms with Crippen molar-refractivity contribution in [3.8, 4) is 5.75 Å². The van der Waals surface area contributed by atoms with Gasteiger partial charge in [0.05, 0.1) is 0 Å². The van der Waals surface area contributed by atoms with Crippen LogP contribution >= 0.6 is 0 Å². The number of amides is 2. The zero-order valence-electron chi connectivity index (χ0n) is 12.0. The first-order chi connectivity index (χ1) is 9.40. The summed E-state index contributed by atoms with van der Waals surface area (Å²) in [4.78, 5) is 22.9. The topological polar surface area (TPSA) is 107 Å². The number of hydrogen-bond donors (Lipinski definition) is 3. The molecular weight excluding hydrogens is 258 g/mol. The largest absolute Gasteiger partial charge is 0.480 e. The van der Waals surface area contributed by atoms with Crippen molar-refractivity contribution < 1.29 is 14.3 Å². The van der Waals surface area contributed by atoms with Crippen LogP contribution in [0.15, 0.2) is 12.1 Å². The summed E-state index contributed by atoms with van der Waals surface area (Å²) >= 11 is 0. The van der Waals surface area contributed by atoms with Gasteiger partial charge in [0, 0.05) is 5.56 Å². The highest BCUT2D eigenvalue weighted by molar-refractivity contribution is 5.93. The van der Waals surface area contributed by atoms with E-state index in [-0.39, 0.29) is 5.91 Å². The number of nitrogens with one attached hydrogen (secondary N) is 1. The zero-order chi connectivity index (χ0) is 15.3. The quantitative estimate of drug-likeness (QED) is 0.409. The number of carbonyl (C=O) groups excluding carboxylic acids is 2. The van der Waals surface area contributed by atoms with E-state index in [4.69, 9.17) is 16.3 Å². The molecule has 6 nitrogen and oxygen atoms in total. The minimum Gasteiger partial charge on any atom is -0.480 e. The number of aryl methyl sites for hydroxylation is 2. The second kappa shape index (κ2) is 6.91. The van der Waals surface area contributed by atoms with E-state index in [0.29, 0.717) is 17.7 Å². The molecule has 2 amide bonds. The third-order valence-electron chi connectivity index (χ3n) is 2.99. The molecule has 110 valence electrons. The summed E-state index contributed by atoms with van der Waals surface area (Å²) in [5.41, 5.74) is 9.29. The lowest BCUT2D eigenvalue weighted by Gasteiger charge is -2.20. The highest BCUT2D eigenvalue weighted by Gasteiger charge is 2.21. The molecule has 0 spiro atoms. The number of hydrogen-bond acceptors (Lipinski definition) is 4. The number of ether oxygens (including phenoxy) is 1. The fourth-order valence-electron chi connectivity index (χ4n) is 2.02. The smallest absolute Gasteiger partial charge is 0.274 e. The molecule has 6 heteroatoms. The molecule has 0 radical (unpaired) electrons. The Labute approximate surface area is 118 Å². The van der Waals surface area contributed by atoms with Crippen LogP contribution in [0, 0.1) is 13.8 Å². The Morgan fingerprint density at radius 1 is 1.30 bits per heavy atom. The molecule has 0 aliphatic heterocycles. The van der Waals surface area contributed by atoms with E-state index in [1.165, 1.54) is 0 Å². The summed E-state index contributed by atoms with van der Waals surface area (Å²) in [6.07, 6.45) is 0.691. The van der Waals surface area contributed by atoms with E-state index in [0.717, 1.165) is 17.5 Å². The normalized spacial score (nSPS) is 11.8. The fourth-order valence-corrected chi connectivity index (χ4v) is 2.02. The molecule has 1 unspecified atom stereocenters. The van der Waals surface area contributed by atoms with E-state index in [9.17, 15) is 9.59 Å². The molecule has 20 heavy (non-hydrogen) atoms. The first-order valence-corrected chi connectivity index (χ1v) is 6.48. The van der Waals surface area contributed by atoms with Gasteiger partial charge >= 0.3 is 0 Å². The van der Waals surface area contributed by atoms with Crippen LogP contribution in [0.5, 0.6) is 5.75 Å². The van der Waals surface area contributed by atoms with Crippen LogP contribution in [0.2, 0.25) is 0 Å². The zero-order valence-corrected chi connectivity index (χ0v) is 12.0. The maximum Gasteiger partial charge on any atom is 0.274 e. The average Bonchev–Trinajstić information content (AvgIpc) is 2.40. The molecule has 0 saturated carbocycles. The molecule has 0 aliphatic rings. The third kappa shape index (κ3) is 3.71. The Morgan fingerprint density at radius 3 is 2.25 bits per heavy atom. The monoisotopic (exact) mass is 279 g/mol. The van der Waals surface area contributed by atoms with Gasteiger partial charge in [0.15, 0.2) is 6.10 Å². The van der Waals surface area contributed by atoms with Crippen LogP contribution in [0.3, 0.4) is 0 Å². The van der Waals surface area contributed by atoms with Crippen LogP contribution in [0.4, 0.5) is 0 Å². The van der Waals surface area contributed by atoms with Gasteiger partial charge in [-0.1, -0.05) is 13.3 Å². The Kier molecular flexibility index (Phi) is 5.52. The maximum absolute atomic E-state index is 11.7. The summed E-state index contributed by atoms with van der Waals surface area (Å²) < 4.78 is 5.76. The first kappa shape index (κ1) is 16.0. The SMILES string of the molecule is CCCC(Oc1c(C)cc(C(N)=O)cc1C)C(=O)NN. The van der Waals surface area contributed by atoms with Crippen LogP contribution in [-0.4, -0.2) is 17.9 Å². The molecule has 0 aromatic heterocycles. The van der Waals surface area contributed by atoms with Gasteiger partial charge in [-0.25, -0.2) is 5.84 Å². The van der Waals surface area contributed by atoms with Crippen molar-refractivity contribution in [2.24, 2.45) is 11.6 Å². The van der Waals surface area contributed by atoms with E-state index in [2.05, 4.69) is 5.43 Å². The van der Waals surface area contributed by atoms with E-state index >= 15 is 0 Å². The summed E-state index contributed by atoms with van der Waals surface area (Å²) in [6, 6.07) is 3.29. The predicted molar refractivity (Wildman–Crippen MR) is 76.1 cm³/mol. The standard InChI is InChI=1S/C14H21N3O3/c1-4-5-11(14(19)17-16)20-12-8(2)6-10(13(15)18)7-9(12)3/h6-7,11H,4-5,16H2,1-3H3,(H2,15,18)(H,17,19). The van der Waals surface area contributed by atoms with Crippen LogP contribution in [0.25, 0.3) is 0 Å². The van der Waals surface area contributed by atoms with Crippen molar-refractivity contribution in [2.75, 3.05) is 0 Å². The first-order valence-electron chi connectivity index (χ1n) is 6.48.